The predicted molar refractivity (Wildman–Crippen MR) is 149 cm³/mol. The molecule has 1 N–H and O–H groups in total. The van der Waals surface area contributed by atoms with Gasteiger partial charge in [0, 0.05) is 17.7 Å². The molecule has 1 aliphatic rings. The van der Waals surface area contributed by atoms with Gasteiger partial charge in [0.15, 0.2) is 0 Å². The number of carbonyl (C=O) groups is 1. The zero-order valence-electron chi connectivity index (χ0n) is 20.7. The average molecular weight is 484 g/mol. The van der Waals surface area contributed by atoms with Gasteiger partial charge in [0.1, 0.15) is 16.9 Å². The van der Waals surface area contributed by atoms with Crippen LogP contribution in [0.4, 0.5) is 0 Å². The first-order chi connectivity index (χ1) is 18.3. The third-order valence-corrected chi connectivity index (χ3v) is 7.48. The molecule has 182 valence electrons. The van der Waals surface area contributed by atoms with Crippen molar-refractivity contribution in [2.45, 2.75) is 31.2 Å². The molecule has 0 atom stereocenters. The molecule has 1 aliphatic heterocycles. The number of hydrogen-bond acceptors (Lipinski definition) is 2. The summed E-state index contributed by atoms with van der Waals surface area (Å²) in [6.45, 7) is 0.464. The Kier molecular flexibility index (Phi) is 6.20. The van der Waals surface area contributed by atoms with Gasteiger partial charge in [0.05, 0.1) is 0 Å². The molecule has 0 saturated heterocycles. The van der Waals surface area contributed by atoms with Gasteiger partial charge >= 0.3 is 0 Å². The lowest BCUT2D eigenvalue weighted by molar-refractivity contribution is -0.126. The topological polar surface area (TPSA) is 38.3 Å². The van der Waals surface area contributed by atoms with Crippen LogP contribution in [0.3, 0.4) is 0 Å². The number of aryl methyl sites for hydroxylation is 1. The van der Waals surface area contributed by atoms with Gasteiger partial charge in [-0.25, -0.2) is 0 Å². The molecule has 5 aromatic carbocycles. The maximum Gasteiger partial charge on any atom is 0.235 e. The Morgan fingerprint density at radius 3 is 2.05 bits per heavy atom. The second-order valence-electron chi connectivity index (χ2n) is 9.66. The summed E-state index contributed by atoms with van der Waals surface area (Å²) in [5, 5.41) is 5.68. The normalized spacial score (nSPS) is 13.3. The van der Waals surface area contributed by atoms with E-state index in [2.05, 4.69) is 59.9 Å². The second-order valence-corrected chi connectivity index (χ2v) is 9.66. The Bertz CT molecular complexity index is 1510. The Labute approximate surface area is 217 Å². The number of para-hydroxylation sites is 2. The number of ether oxygens (including phenoxy) is 1. The van der Waals surface area contributed by atoms with Gasteiger partial charge in [-0.3, -0.25) is 4.79 Å². The predicted octanol–water partition coefficient (Wildman–Crippen LogP) is 7.57. The van der Waals surface area contributed by atoms with Crippen LogP contribution < -0.4 is 10.1 Å². The molecule has 0 aromatic heterocycles. The summed E-state index contributed by atoms with van der Waals surface area (Å²) in [5.41, 5.74) is 3.40. The van der Waals surface area contributed by atoms with Crippen molar-refractivity contribution in [1.82, 2.24) is 5.32 Å². The van der Waals surface area contributed by atoms with E-state index < -0.39 is 5.41 Å². The van der Waals surface area contributed by atoms with E-state index in [4.69, 9.17) is 4.74 Å². The van der Waals surface area contributed by atoms with Gasteiger partial charge in [-0.05, 0) is 53.3 Å². The van der Waals surface area contributed by atoms with Gasteiger partial charge in [0.2, 0.25) is 5.91 Å². The molecular weight excluding hydrogens is 454 g/mol. The van der Waals surface area contributed by atoms with Crippen LogP contribution in [0.15, 0.2) is 121 Å². The van der Waals surface area contributed by atoms with Crippen LogP contribution >= 0.6 is 0 Å². The van der Waals surface area contributed by atoms with Gasteiger partial charge in [0.25, 0.3) is 0 Å². The lowest BCUT2D eigenvalue weighted by atomic mass is 9.68. The molecule has 5 aromatic rings. The molecule has 0 bridgehead atoms. The molecule has 1 amide bonds. The monoisotopic (exact) mass is 483 g/mol. The van der Waals surface area contributed by atoms with E-state index in [-0.39, 0.29) is 5.91 Å². The molecule has 0 aliphatic carbocycles. The number of benzene rings is 5. The summed E-state index contributed by atoms with van der Waals surface area (Å²) in [5.74, 6) is 1.51. The SMILES string of the molecule is O=C(NCc1cccc2ccccc12)C1(CCCc2ccccc2)c2ccccc2Oc2ccccc21. The van der Waals surface area contributed by atoms with Gasteiger partial charge in [-0.1, -0.05) is 109 Å². The van der Waals surface area contributed by atoms with Crippen molar-refractivity contribution in [3.8, 4) is 11.5 Å². The zero-order valence-corrected chi connectivity index (χ0v) is 20.7. The number of rotatable bonds is 7. The lowest BCUT2D eigenvalue weighted by Gasteiger charge is -2.39. The number of amides is 1. The maximum atomic E-state index is 14.4. The summed E-state index contributed by atoms with van der Waals surface area (Å²) in [6, 6.07) is 41.0. The molecule has 0 fully saturated rings. The van der Waals surface area contributed by atoms with Crippen LogP contribution in [0.1, 0.15) is 35.1 Å². The maximum absolute atomic E-state index is 14.4. The molecule has 0 radical (unpaired) electrons. The fourth-order valence-corrected chi connectivity index (χ4v) is 5.68. The lowest BCUT2D eigenvalue weighted by Crippen LogP contribution is -2.46. The third kappa shape index (κ3) is 4.27. The van der Waals surface area contributed by atoms with Crippen LogP contribution in [0.2, 0.25) is 0 Å². The van der Waals surface area contributed by atoms with Crippen molar-refractivity contribution in [3.05, 3.63) is 144 Å². The minimum Gasteiger partial charge on any atom is -0.457 e. The Balaban J connectivity index is 1.39. The van der Waals surface area contributed by atoms with E-state index in [1.807, 2.05) is 66.7 Å². The van der Waals surface area contributed by atoms with Gasteiger partial charge in [-0.15, -0.1) is 0 Å². The minimum absolute atomic E-state index is 0.0108. The summed E-state index contributed by atoms with van der Waals surface area (Å²) < 4.78 is 6.29. The van der Waals surface area contributed by atoms with Gasteiger partial charge < -0.3 is 10.1 Å². The number of carbonyl (C=O) groups excluding carboxylic acids is 1. The molecule has 0 unspecified atom stereocenters. The number of fused-ring (bicyclic) bond motifs is 3. The van der Waals surface area contributed by atoms with E-state index in [1.165, 1.54) is 10.9 Å². The van der Waals surface area contributed by atoms with Crippen molar-refractivity contribution < 1.29 is 9.53 Å². The highest BCUT2D eigenvalue weighted by Gasteiger charge is 2.47. The molecule has 6 rings (SSSR count). The Morgan fingerprint density at radius 1 is 0.676 bits per heavy atom. The first-order valence-electron chi connectivity index (χ1n) is 12.9. The minimum atomic E-state index is -0.842. The highest BCUT2D eigenvalue weighted by atomic mass is 16.5. The van der Waals surface area contributed by atoms with Crippen LogP contribution in [-0.2, 0) is 23.2 Å². The fourth-order valence-electron chi connectivity index (χ4n) is 5.68. The summed E-state index contributed by atoms with van der Waals surface area (Å²) >= 11 is 0. The van der Waals surface area contributed by atoms with Crippen molar-refractivity contribution in [3.63, 3.8) is 0 Å². The van der Waals surface area contributed by atoms with E-state index in [9.17, 15) is 4.79 Å². The molecule has 3 heteroatoms. The largest absolute Gasteiger partial charge is 0.457 e. The molecule has 1 heterocycles. The van der Waals surface area contributed by atoms with E-state index >= 15 is 0 Å². The zero-order chi connectivity index (χ0) is 25.1. The van der Waals surface area contributed by atoms with Crippen molar-refractivity contribution in [1.29, 1.82) is 0 Å². The van der Waals surface area contributed by atoms with E-state index in [0.29, 0.717) is 13.0 Å². The van der Waals surface area contributed by atoms with Crippen LogP contribution in [-0.4, -0.2) is 5.91 Å². The van der Waals surface area contributed by atoms with Crippen LogP contribution in [0.5, 0.6) is 11.5 Å². The molecule has 37 heavy (non-hydrogen) atoms. The number of hydrogen-bond donors (Lipinski definition) is 1. The average Bonchev–Trinajstić information content (AvgIpc) is 2.96. The highest BCUT2D eigenvalue weighted by molar-refractivity contribution is 5.95. The molecule has 0 saturated carbocycles. The van der Waals surface area contributed by atoms with E-state index in [0.717, 1.165) is 46.4 Å². The third-order valence-electron chi connectivity index (χ3n) is 7.48. The van der Waals surface area contributed by atoms with Crippen molar-refractivity contribution in [2.75, 3.05) is 0 Å². The van der Waals surface area contributed by atoms with Crippen molar-refractivity contribution >= 4 is 16.7 Å². The van der Waals surface area contributed by atoms with Crippen LogP contribution in [0.25, 0.3) is 10.8 Å². The van der Waals surface area contributed by atoms with Gasteiger partial charge in [-0.2, -0.15) is 0 Å². The molecule has 0 spiro atoms. The Hall–Kier alpha value is -4.37. The molecular formula is C34H29NO2. The summed E-state index contributed by atoms with van der Waals surface area (Å²) in [7, 11) is 0. The quantitative estimate of drug-likeness (QED) is 0.259. The van der Waals surface area contributed by atoms with Crippen molar-refractivity contribution in [2.24, 2.45) is 0 Å². The second kappa shape index (κ2) is 9.94. The summed E-state index contributed by atoms with van der Waals surface area (Å²) in [6.07, 6.45) is 2.46. The first-order valence-corrected chi connectivity index (χ1v) is 12.9. The summed E-state index contributed by atoms with van der Waals surface area (Å²) in [4.78, 5) is 14.4. The fraction of sp³-hybridized carbons (Fsp3) is 0.147. The molecule has 3 nitrogen and oxygen atoms in total. The standard InChI is InChI=1S/C34H29NO2/c36-33(35-24-27-17-10-16-26-15-4-5-18-28(26)27)34(23-11-14-25-12-2-1-3-13-25)29-19-6-8-21-31(29)37-32-22-9-7-20-30(32)34/h1-10,12-13,15-22H,11,14,23-24H2,(H,35,36). The number of nitrogens with one attached hydrogen (secondary N) is 1. The Morgan fingerprint density at radius 2 is 1.30 bits per heavy atom. The highest BCUT2D eigenvalue weighted by Crippen LogP contribution is 2.50. The first kappa shape index (κ1) is 23.1. The van der Waals surface area contributed by atoms with Crippen LogP contribution in [0, 0.1) is 0 Å². The smallest absolute Gasteiger partial charge is 0.235 e. The van der Waals surface area contributed by atoms with E-state index in [1.54, 1.807) is 0 Å².